The molecule has 2 amide bonds. The number of carbonyl (C=O) groups excluding carboxylic acids is 2. The Labute approximate surface area is 233 Å². The number of fused-ring (bicyclic) bond motifs is 3. The van der Waals surface area contributed by atoms with Gasteiger partial charge in [-0.1, -0.05) is 0 Å². The summed E-state index contributed by atoms with van der Waals surface area (Å²) in [6, 6.07) is 3.32. The van der Waals surface area contributed by atoms with Crippen molar-refractivity contribution in [2.24, 2.45) is 39.2 Å². The van der Waals surface area contributed by atoms with Crippen LogP contribution in [0.3, 0.4) is 0 Å². The third kappa shape index (κ3) is 3.57. The molecule has 1 aliphatic carbocycles. The number of guanidine groups is 2. The van der Waals surface area contributed by atoms with Crippen molar-refractivity contribution in [1.82, 2.24) is 30.8 Å². The highest BCUT2D eigenvalue weighted by molar-refractivity contribution is 9.10. The van der Waals surface area contributed by atoms with Gasteiger partial charge in [0.05, 0.1) is 5.54 Å². The maximum Gasteiger partial charge on any atom is 0.267 e. The van der Waals surface area contributed by atoms with Crippen molar-refractivity contribution >= 4 is 55.6 Å². The van der Waals surface area contributed by atoms with Crippen LogP contribution in [0.1, 0.15) is 27.4 Å². The number of halogens is 2. The Morgan fingerprint density at radius 1 is 1.08 bits per heavy atom. The number of nitrogens with zero attached hydrogens (tertiary/aromatic N) is 3. The number of amides is 2. The molecule has 6 rings (SSSR count). The van der Waals surface area contributed by atoms with Crippen LogP contribution in [-0.4, -0.2) is 85.6 Å². The van der Waals surface area contributed by atoms with Crippen LogP contribution in [0, 0.1) is 17.8 Å². The lowest BCUT2D eigenvalue weighted by Crippen LogP contribution is -2.60. The molecule has 1 saturated heterocycles. The van der Waals surface area contributed by atoms with Crippen molar-refractivity contribution in [3.63, 3.8) is 0 Å². The highest BCUT2D eigenvalue weighted by atomic mass is 79.9. The van der Waals surface area contributed by atoms with Crippen LogP contribution in [0.15, 0.2) is 43.5 Å². The SMILES string of the molecule is NC1=N[C@H]2N3C(N)=N[C@@H](O)[C@]34C[C@H](CNC(=O)c3cc(Br)c[nH]3)[C@@H](CNC(=O)c3cc(Br)c[nH]3)[C@@H]4[C@@]2(O)N1. The van der Waals surface area contributed by atoms with Crippen LogP contribution >= 0.6 is 31.9 Å². The number of hydrogen-bond acceptors (Lipinski definition) is 10. The Bertz CT molecular complexity index is 1380. The standard InChI is InChI=1S/C22H26Br2N10O4/c23-9-1-12(27-5-9)15(35)29-4-8-3-21-14(11(8)7-30-16(36)13-2-10(24)6-28-13)22(38)17(31-19(25)33-22)34(21)20(26)32-18(21)37/h1-2,5-6,8,11,14,17-18,27-28,37-38H,3-4,7H2,(H2,26,32)(H,29,35)(H,30,36)(H3,25,31,33)/t8-,11-,14+,17+,18+,21-,22+/m1/s1. The average Bonchev–Trinajstić information content (AvgIpc) is 3.66. The molecule has 11 N–H and O–H groups in total. The molecule has 0 unspecified atom stereocenters. The predicted molar refractivity (Wildman–Crippen MR) is 142 cm³/mol. The van der Waals surface area contributed by atoms with Crippen LogP contribution in [0.2, 0.25) is 0 Å². The van der Waals surface area contributed by atoms with Crippen LogP contribution in [0.25, 0.3) is 0 Å². The topological polar surface area (TPSA) is 222 Å². The van der Waals surface area contributed by atoms with Gasteiger partial charge in [0.25, 0.3) is 11.8 Å². The second-order valence-electron chi connectivity index (χ2n) is 10.0. The average molecular weight is 654 g/mol. The molecule has 1 spiro atoms. The number of aliphatic hydroxyl groups is 2. The Kier molecular flexibility index (Phi) is 5.79. The molecular formula is C22H26Br2N10O4. The van der Waals surface area contributed by atoms with Gasteiger partial charge in [0.1, 0.15) is 11.4 Å². The summed E-state index contributed by atoms with van der Waals surface area (Å²) >= 11 is 6.65. The molecule has 0 aromatic carbocycles. The van der Waals surface area contributed by atoms with Gasteiger partial charge in [-0.25, -0.2) is 9.98 Å². The summed E-state index contributed by atoms with van der Waals surface area (Å²) in [5.74, 6) is -2.00. The lowest BCUT2D eigenvalue weighted by atomic mass is 9.77. The minimum atomic E-state index is -1.68. The van der Waals surface area contributed by atoms with Gasteiger partial charge < -0.3 is 52.5 Å². The first-order valence-electron chi connectivity index (χ1n) is 11.9. The van der Waals surface area contributed by atoms with E-state index >= 15 is 0 Å². The van der Waals surface area contributed by atoms with E-state index in [0.717, 1.165) is 8.95 Å². The zero-order chi connectivity index (χ0) is 27.0. The van der Waals surface area contributed by atoms with Gasteiger partial charge in [-0.3, -0.25) is 9.59 Å². The van der Waals surface area contributed by atoms with E-state index in [1.807, 2.05) is 0 Å². The van der Waals surface area contributed by atoms with Crippen molar-refractivity contribution in [1.29, 1.82) is 0 Å². The number of H-pyrrole nitrogens is 2. The molecule has 7 atom stereocenters. The van der Waals surface area contributed by atoms with Crippen LogP contribution in [0.4, 0.5) is 0 Å². The molecule has 5 heterocycles. The molecule has 16 heteroatoms. The normalized spacial score (nSPS) is 34.7. The Hall–Kier alpha value is -3.08. The smallest absolute Gasteiger partial charge is 0.267 e. The van der Waals surface area contributed by atoms with E-state index in [2.05, 4.69) is 67.8 Å². The zero-order valence-corrected chi connectivity index (χ0v) is 23.0. The molecule has 202 valence electrons. The number of rotatable bonds is 6. The van der Waals surface area contributed by atoms with Gasteiger partial charge in [0.15, 0.2) is 30.0 Å². The summed E-state index contributed by atoms with van der Waals surface area (Å²) < 4.78 is 1.47. The summed E-state index contributed by atoms with van der Waals surface area (Å²) in [7, 11) is 0. The molecule has 1 saturated carbocycles. The van der Waals surface area contributed by atoms with Crippen LogP contribution in [-0.2, 0) is 0 Å². The van der Waals surface area contributed by atoms with E-state index in [4.69, 9.17) is 11.5 Å². The Balaban J connectivity index is 1.32. The number of aromatic nitrogens is 2. The lowest BCUT2D eigenvalue weighted by molar-refractivity contribution is -0.0561. The second-order valence-corrected chi connectivity index (χ2v) is 11.9. The van der Waals surface area contributed by atoms with E-state index in [1.165, 1.54) is 0 Å². The number of nitrogens with one attached hydrogen (secondary N) is 5. The highest BCUT2D eigenvalue weighted by Crippen LogP contribution is 2.62. The largest absolute Gasteiger partial charge is 0.370 e. The molecule has 2 aromatic heterocycles. The number of hydrogen-bond donors (Lipinski definition) is 9. The highest BCUT2D eigenvalue weighted by Gasteiger charge is 2.78. The lowest BCUT2D eigenvalue weighted by Gasteiger charge is -2.38. The molecular weight excluding hydrogens is 628 g/mol. The fourth-order valence-corrected chi connectivity index (χ4v) is 7.40. The number of aliphatic hydroxyl groups excluding tert-OH is 1. The van der Waals surface area contributed by atoms with Crippen molar-refractivity contribution in [2.45, 2.75) is 30.1 Å². The van der Waals surface area contributed by atoms with Gasteiger partial charge in [-0.15, -0.1) is 0 Å². The third-order valence-electron chi connectivity index (χ3n) is 8.07. The first-order chi connectivity index (χ1) is 18.0. The fourth-order valence-electron chi connectivity index (χ4n) is 6.71. The maximum atomic E-state index is 12.9. The quantitative estimate of drug-likeness (QED) is 0.186. The molecule has 38 heavy (non-hydrogen) atoms. The van der Waals surface area contributed by atoms with E-state index < -0.39 is 35.5 Å². The zero-order valence-electron chi connectivity index (χ0n) is 19.8. The molecule has 0 bridgehead atoms. The van der Waals surface area contributed by atoms with Crippen molar-refractivity contribution in [3.8, 4) is 0 Å². The van der Waals surface area contributed by atoms with Crippen LogP contribution < -0.4 is 27.4 Å². The van der Waals surface area contributed by atoms with Crippen molar-refractivity contribution in [3.05, 3.63) is 44.9 Å². The molecule has 4 aliphatic rings. The molecule has 2 fully saturated rings. The van der Waals surface area contributed by atoms with Crippen molar-refractivity contribution in [2.75, 3.05) is 13.1 Å². The van der Waals surface area contributed by atoms with Crippen LogP contribution in [0.5, 0.6) is 0 Å². The molecule has 3 aliphatic heterocycles. The van der Waals surface area contributed by atoms with E-state index in [9.17, 15) is 19.8 Å². The van der Waals surface area contributed by atoms with E-state index in [1.54, 1.807) is 29.4 Å². The van der Waals surface area contributed by atoms with Gasteiger partial charge >= 0.3 is 0 Å². The first kappa shape index (κ1) is 25.2. The number of aliphatic imine (C=N–C) groups is 2. The molecule has 2 aromatic rings. The van der Waals surface area contributed by atoms with Gasteiger partial charge in [0.2, 0.25) is 0 Å². The predicted octanol–water partition coefficient (Wildman–Crippen LogP) is -1.09. The summed E-state index contributed by atoms with van der Waals surface area (Å²) in [4.78, 5) is 41.7. The monoisotopic (exact) mass is 652 g/mol. The van der Waals surface area contributed by atoms with E-state index in [-0.39, 0.29) is 42.7 Å². The second kappa shape index (κ2) is 8.72. The Morgan fingerprint density at radius 3 is 2.26 bits per heavy atom. The minimum absolute atomic E-state index is 0.0355. The third-order valence-corrected chi connectivity index (χ3v) is 8.98. The first-order valence-corrected chi connectivity index (χ1v) is 13.5. The number of nitrogens with two attached hydrogens (primary N) is 2. The fraction of sp³-hybridized carbons (Fsp3) is 0.455. The summed E-state index contributed by atoms with van der Waals surface area (Å²) in [5, 5.41) is 31.9. The van der Waals surface area contributed by atoms with E-state index in [0.29, 0.717) is 17.8 Å². The van der Waals surface area contributed by atoms with Gasteiger partial charge in [0, 0.05) is 40.3 Å². The Morgan fingerprint density at radius 2 is 1.68 bits per heavy atom. The maximum absolute atomic E-state index is 12.9. The summed E-state index contributed by atoms with van der Waals surface area (Å²) in [5.41, 5.74) is 10.1. The molecule has 14 nitrogen and oxygen atoms in total. The summed E-state index contributed by atoms with van der Waals surface area (Å²) in [6.07, 6.45) is 1.47. The van der Waals surface area contributed by atoms with Gasteiger partial charge in [-0.05, 0) is 62.2 Å². The minimum Gasteiger partial charge on any atom is -0.370 e. The van der Waals surface area contributed by atoms with Gasteiger partial charge in [-0.2, -0.15) is 0 Å². The van der Waals surface area contributed by atoms with Crippen molar-refractivity contribution < 1.29 is 19.8 Å². The molecule has 0 radical (unpaired) electrons. The number of aromatic amines is 2. The summed E-state index contributed by atoms with van der Waals surface area (Å²) in [6.45, 7) is 0.341. The number of carbonyl (C=O) groups is 2.